The van der Waals surface area contributed by atoms with E-state index in [1.165, 1.54) is 17.9 Å². The smallest absolute Gasteiger partial charge is 0.338 e. The molecule has 0 saturated carbocycles. The van der Waals surface area contributed by atoms with Gasteiger partial charge in [0.25, 0.3) is 5.91 Å². The summed E-state index contributed by atoms with van der Waals surface area (Å²) in [5.74, 6) is -0.983. The van der Waals surface area contributed by atoms with Crippen LogP contribution in [0.1, 0.15) is 17.3 Å². The van der Waals surface area contributed by atoms with Gasteiger partial charge in [0.05, 0.1) is 11.3 Å². The first kappa shape index (κ1) is 16.3. The van der Waals surface area contributed by atoms with Crippen LogP contribution in [0.5, 0.6) is 0 Å². The Kier molecular flexibility index (Phi) is 4.79. The monoisotopic (exact) mass is 337 g/mol. The summed E-state index contributed by atoms with van der Waals surface area (Å²) < 4.78 is 6.67. The number of benzene rings is 2. The third-order valence-corrected chi connectivity index (χ3v) is 3.41. The number of amides is 1. The lowest BCUT2D eigenvalue weighted by molar-refractivity contribution is -0.123. The van der Waals surface area contributed by atoms with Crippen molar-refractivity contribution in [3.63, 3.8) is 0 Å². The summed E-state index contributed by atoms with van der Waals surface area (Å²) in [6.45, 7) is 1.52. The Morgan fingerprint density at radius 2 is 1.80 bits per heavy atom. The van der Waals surface area contributed by atoms with Gasteiger partial charge in [0.1, 0.15) is 6.33 Å². The molecule has 0 radical (unpaired) electrons. The van der Waals surface area contributed by atoms with Gasteiger partial charge >= 0.3 is 5.97 Å². The van der Waals surface area contributed by atoms with Gasteiger partial charge in [0.15, 0.2) is 6.10 Å². The van der Waals surface area contributed by atoms with Crippen molar-refractivity contribution in [1.29, 1.82) is 0 Å². The number of tetrazole rings is 1. The quantitative estimate of drug-likeness (QED) is 0.713. The van der Waals surface area contributed by atoms with E-state index in [-0.39, 0.29) is 0 Å². The van der Waals surface area contributed by atoms with Crippen LogP contribution in [0, 0.1) is 0 Å². The predicted octanol–water partition coefficient (Wildman–Crippen LogP) is 1.85. The average Bonchev–Trinajstić information content (AvgIpc) is 3.17. The Hall–Kier alpha value is -3.55. The van der Waals surface area contributed by atoms with Crippen LogP contribution in [0.4, 0.5) is 5.69 Å². The number of nitrogens with one attached hydrogen (secondary N) is 1. The minimum atomic E-state index is -0.924. The molecule has 0 aliphatic rings. The molecule has 0 saturated heterocycles. The summed E-state index contributed by atoms with van der Waals surface area (Å²) in [4.78, 5) is 24.2. The fourth-order valence-electron chi connectivity index (χ4n) is 2.08. The van der Waals surface area contributed by atoms with Crippen molar-refractivity contribution in [2.75, 3.05) is 5.32 Å². The molecule has 25 heavy (non-hydrogen) atoms. The third-order valence-electron chi connectivity index (χ3n) is 3.41. The number of para-hydroxylation sites is 1. The predicted molar refractivity (Wildman–Crippen MR) is 89.1 cm³/mol. The molecule has 1 N–H and O–H groups in total. The van der Waals surface area contributed by atoms with Crippen LogP contribution < -0.4 is 5.32 Å². The van der Waals surface area contributed by atoms with Crippen LogP contribution in [0.3, 0.4) is 0 Å². The molecule has 0 unspecified atom stereocenters. The van der Waals surface area contributed by atoms with Crippen LogP contribution in [0.2, 0.25) is 0 Å². The maximum atomic E-state index is 12.2. The molecule has 1 atom stereocenters. The summed E-state index contributed by atoms with van der Waals surface area (Å²) in [7, 11) is 0. The molecule has 0 fully saturated rings. The second-order valence-corrected chi connectivity index (χ2v) is 5.20. The molecule has 1 heterocycles. The minimum Gasteiger partial charge on any atom is -0.449 e. The van der Waals surface area contributed by atoms with Crippen molar-refractivity contribution < 1.29 is 14.3 Å². The van der Waals surface area contributed by atoms with E-state index in [4.69, 9.17) is 4.74 Å². The van der Waals surface area contributed by atoms with Gasteiger partial charge in [-0.1, -0.05) is 18.2 Å². The van der Waals surface area contributed by atoms with Crippen molar-refractivity contribution in [2.24, 2.45) is 0 Å². The lowest BCUT2D eigenvalue weighted by Gasteiger charge is -2.13. The van der Waals surface area contributed by atoms with E-state index in [0.29, 0.717) is 16.9 Å². The van der Waals surface area contributed by atoms with Crippen LogP contribution in [0.15, 0.2) is 60.9 Å². The number of nitrogens with zero attached hydrogens (tertiary/aromatic N) is 4. The number of anilines is 1. The van der Waals surface area contributed by atoms with E-state index in [0.717, 1.165) is 0 Å². The summed E-state index contributed by atoms with van der Waals surface area (Å²) in [6, 6.07) is 15.5. The van der Waals surface area contributed by atoms with Gasteiger partial charge in [-0.3, -0.25) is 4.79 Å². The first-order valence-corrected chi connectivity index (χ1v) is 7.54. The molecule has 0 aliphatic heterocycles. The van der Waals surface area contributed by atoms with Crippen LogP contribution in [-0.4, -0.2) is 38.2 Å². The number of hydrogen-bond acceptors (Lipinski definition) is 6. The second-order valence-electron chi connectivity index (χ2n) is 5.20. The zero-order valence-corrected chi connectivity index (χ0v) is 13.4. The zero-order chi connectivity index (χ0) is 17.6. The Morgan fingerprint density at radius 3 is 2.44 bits per heavy atom. The highest BCUT2D eigenvalue weighted by molar-refractivity contribution is 5.97. The van der Waals surface area contributed by atoms with Gasteiger partial charge in [-0.05, 0) is 53.7 Å². The van der Waals surface area contributed by atoms with E-state index < -0.39 is 18.0 Å². The van der Waals surface area contributed by atoms with Gasteiger partial charge in [0, 0.05) is 5.69 Å². The van der Waals surface area contributed by atoms with Crippen molar-refractivity contribution in [3.8, 4) is 5.69 Å². The highest BCUT2D eigenvalue weighted by Gasteiger charge is 2.19. The molecule has 126 valence electrons. The molecule has 0 spiro atoms. The lowest BCUT2D eigenvalue weighted by atomic mass is 10.2. The Labute approximate surface area is 143 Å². The van der Waals surface area contributed by atoms with Gasteiger partial charge in [-0.15, -0.1) is 5.10 Å². The molecule has 2 aromatic carbocycles. The average molecular weight is 337 g/mol. The maximum absolute atomic E-state index is 12.2. The van der Waals surface area contributed by atoms with E-state index in [1.807, 2.05) is 6.07 Å². The van der Waals surface area contributed by atoms with Crippen LogP contribution in [-0.2, 0) is 9.53 Å². The fourth-order valence-corrected chi connectivity index (χ4v) is 2.08. The van der Waals surface area contributed by atoms with Gasteiger partial charge < -0.3 is 10.1 Å². The molecule has 1 aromatic heterocycles. The summed E-state index contributed by atoms with van der Waals surface area (Å²) in [5.41, 5.74) is 1.67. The molecule has 0 aliphatic carbocycles. The van der Waals surface area contributed by atoms with Crippen molar-refractivity contribution in [3.05, 3.63) is 66.5 Å². The number of rotatable bonds is 5. The lowest BCUT2D eigenvalue weighted by Crippen LogP contribution is -2.29. The van der Waals surface area contributed by atoms with Crippen molar-refractivity contribution >= 4 is 17.6 Å². The topological polar surface area (TPSA) is 99.0 Å². The number of ether oxygens (including phenoxy) is 1. The van der Waals surface area contributed by atoms with E-state index in [9.17, 15) is 9.59 Å². The maximum Gasteiger partial charge on any atom is 0.338 e. The van der Waals surface area contributed by atoms with Crippen molar-refractivity contribution in [1.82, 2.24) is 20.2 Å². The number of aromatic nitrogens is 4. The summed E-state index contributed by atoms with van der Waals surface area (Å²) >= 11 is 0. The van der Waals surface area contributed by atoms with Gasteiger partial charge in [0.2, 0.25) is 0 Å². The second kappa shape index (κ2) is 7.35. The molecule has 8 heteroatoms. The normalized spacial score (nSPS) is 11.6. The molecular weight excluding hydrogens is 322 g/mol. The first-order chi connectivity index (χ1) is 12.1. The van der Waals surface area contributed by atoms with Crippen LogP contribution in [0.25, 0.3) is 5.69 Å². The largest absolute Gasteiger partial charge is 0.449 e. The van der Waals surface area contributed by atoms with Gasteiger partial charge in [-0.25, -0.2) is 9.48 Å². The Morgan fingerprint density at radius 1 is 1.08 bits per heavy atom. The van der Waals surface area contributed by atoms with E-state index >= 15 is 0 Å². The number of carbonyl (C=O) groups excluding carboxylic acids is 2. The van der Waals surface area contributed by atoms with Crippen LogP contribution >= 0.6 is 0 Å². The minimum absolute atomic E-state index is 0.330. The highest BCUT2D eigenvalue weighted by Crippen LogP contribution is 2.11. The molecule has 1 amide bonds. The number of esters is 1. The standard InChI is InChI=1S/C17H15N5O3/c1-12(16(23)19-14-5-3-2-4-6-14)25-17(24)13-7-9-15(10-8-13)22-11-18-20-21-22/h2-12H,1H3,(H,19,23)/t12-/m0/s1. The number of hydrogen-bond donors (Lipinski definition) is 1. The molecule has 0 bridgehead atoms. The zero-order valence-electron chi connectivity index (χ0n) is 13.4. The Balaban J connectivity index is 1.60. The number of carbonyl (C=O) groups is 2. The Bertz CT molecular complexity index is 848. The highest BCUT2D eigenvalue weighted by atomic mass is 16.5. The van der Waals surface area contributed by atoms with Gasteiger partial charge in [-0.2, -0.15) is 0 Å². The van der Waals surface area contributed by atoms with E-state index in [2.05, 4.69) is 20.8 Å². The SMILES string of the molecule is C[C@H](OC(=O)c1ccc(-n2cnnn2)cc1)C(=O)Nc1ccccc1. The summed E-state index contributed by atoms with van der Waals surface area (Å²) in [5, 5.41) is 13.5. The molecule has 8 nitrogen and oxygen atoms in total. The van der Waals surface area contributed by atoms with E-state index in [1.54, 1.807) is 48.5 Å². The third kappa shape index (κ3) is 4.05. The fraction of sp³-hybridized carbons (Fsp3) is 0.118. The molecular formula is C17H15N5O3. The molecule has 3 aromatic rings. The summed E-state index contributed by atoms with van der Waals surface area (Å²) in [6.07, 6.45) is 0.524. The van der Waals surface area contributed by atoms with Crippen molar-refractivity contribution in [2.45, 2.75) is 13.0 Å². The first-order valence-electron chi connectivity index (χ1n) is 7.54. The molecule has 3 rings (SSSR count).